The highest BCUT2D eigenvalue weighted by Crippen LogP contribution is 2.36. The standard InChI is InChI=1S/C20H24BrNO5/c1-4-22(5-2)18(23)11-13(3)17-12-14-15(21)8-9-16(20(14)27-17)26-10-6-7-19(24)25/h8-9,11-12H,4-7,10H2,1-3H3,(H,24,25)/b13-11-. The molecule has 0 fully saturated rings. The number of fused-ring (bicyclic) bond motifs is 1. The minimum Gasteiger partial charge on any atom is -0.490 e. The van der Waals surface area contributed by atoms with Crippen molar-refractivity contribution in [3.8, 4) is 5.75 Å². The first-order chi connectivity index (χ1) is 12.9. The van der Waals surface area contributed by atoms with Gasteiger partial charge in [0.15, 0.2) is 11.3 Å². The zero-order valence-electron chi connectivity index (χ0n) is 15.8. The summed E-state index contributed by atoms with van der Waals surface area (Å²) < 4.78 is 12.5. The Morgan fingerprint density at radius 1 is 1.30 bits per heavy atom. The van der Waals surface area contributed by atoms with E-state index in [1.807, 2.05) is 32.9 Å². The minimum absolute atomic E-state index is 0.0536. The number of rotatable bonds is 9. The van der Waals surface area contributed by atoms with E-state index in [1.54, 1.807) is 17.0 Å². The highest BCUT2D eigenvalue weighted by molar-refractivity contribution is 9.10. The normalized spacial score (nSPS) is 11.6. The number of ether oxygens (including phenoxy) is 1. The van der Waals surface area contributed by atoms with Crippen LogP contribution in [0.1, 0.15) is 39.4 Å². The third-order valence-corrected chi connectivity index (χ3v) is 4.88. The van der Waals surface area contributed by atoms with Gasteiger partial charge in [0.1, 0.15) is 5.76 Å². The monoisotopic (exact) mass is 437 g/mol. The summed E-state index contributed by atoms with van der Waals surface area (Å²) in [6.45, 7) is 7.31. The first-order valence-electron chi connectivity index (χ1n) is 8.91. The number of carboxylic acid groups (broad SMARTS) is 1. The average Bonchev–Trinajstić information content (AvgIpc) is 3.08. The van der Waals surface area contributed by atoms with Crippen molar-refractivity contribution in [1.82, 2.24) is 4.90 Å². The molecule has 0 unspecified atom stereocenters. The van der Waals surface area contributed by atoms with Crippen LogP contribution in [0.15, 0.2) is 33.2 Å². The fourth-order valence-electron chi connectivity index (χ4n) is 2.66. The quantitative estimate of drug-likeness (QED) is 0.453. The summed E-state index contributed by atoms with van der Waals surface area (Å²) in [4.78, 5) is 24.6. The van der Waals surface area contributed by atoms with Gasteiger partial charge in [-0.25, -0.2) is 0 Å². The van der Waals surface area contributed by atoms with Crippen molar-refractivity contribution < 1.29 is 23.8 Å². The van der Waals surface area contributed by atoms with Crippen LogP contribution < -0.4 is 4.74 Å². The lowest BCUT2D eigenvalue weighted by atomic mass is 10.2. The van der Waals surface area contributed by atoms with E-state index < -0.39 is 5.97 Å². The van der Waals surface area contributed by atoms with Crippen molar-refractivity contribution in [1.29, 1.82) is 0 Å². The van der Waals surface area contributed by atoms with Crippen LogP contribution in [0, 0.1) is 0 Å². The lowest BCUT2D eigenvalue weighted by molar-refractivity contribution is -0.137. The Morgan fingerprint density at radius 3 is 2.63 bits per heavy atom. The van der Waals surface area contributed by atoms with E-state index in [1.165, 1.54) is 0 Å². The maximum atomic E-state index is 12.3. The SMILES string of the molecule is CCN(CC)C(=O)/C=C(/C)c1cc2c(Br)ccc(OCCCC(=O)O)c2o1. The van der Waals surface area contributed by atoms with Gasteiger partial charge in [-0.05, 0) is 51.0 Å². The number of nitrogens with zero attached hydrogens (tertiary/aromatic N) is 1. The van der Waals surface area contributed by atoms with E-state index in [2.05, 4.69) is 15.9 Å². The molecule has 146 valence electrons. The molecular formula is C20H24BrNO5. The van der Waals surface area contributed by atoms with Gasteiger partial charge in [0.05, 0.1) is 6.61 Å². The van der Waals surface area contributed by atoms with Gasteiger partial charge in [0.25, 0.3) is 0 Å². The predicted octanol–water partition coefficient (Wildman–Crippen LogP) is 4.71. The first-order valence-corrected chi connectivity index (χ1v) is 9.70. The highest BCUT2D eigenvalue weighted by Gasteiger charge is 2.15. The second kappa shape index (κ2) is 9.60. The molecule has 6 nitrogen and oxygen atoms in total. The van der Waals surface area contributed by atoms with Crippen LogP contribution in [-0.4, -0.2) is 41.6 Å². The van der Waals surface area contributed by atoms with Crippen molar-refractivity contribution in [3.05, 3.63) is 34.5 Å². The van der Waals surface area contributed by atoms with Crippen LogP contribution in [0.3, 0.4) is 0 Å². The van der Waals surface area contributed by atoms with E-state index in [4.69, 9.17) is 14.3 Å². The Balaban J connectivity index is 2.27. The van der Waals surface area contributed by atoms with Crippen molar-refractivity contribution >= 4 is 44.3 Å². The molecule has 1 N–H and O–H groups in total. The number of halogens is 1. The predicted molar refractivity (Wildman–Crippen MR) is 108 cm³/mol. The summed E-state index contributed by atoms with van der Waals surface area (Å²) in [7, 11) is 0. The van der Waals surface area contributed by atoms with E-state index in [0.717, 1.165) is 15.4 Å². The number of carbonyl (C=O) groups is 2. The van der Waals surface area contributed by atoms with Gasteiger partial charge in [0.2, 0.25) is 5.91 Å². The number of allylic oxidation sites excluding steroid dienone is 1. The van der Waals surface area contributed by atoms with Crippen molar-refractivity contribution in [2.24, 2.45) is 0 Å². The molecule has 0 aliphatic rings. The summed E-state index contributed by atoms with van der Waals surface area (Å²) in [6.07, 6.45) is 2.04. The molecule has 0 radical (unpaired) electrons. The molecule has 0 saturated carbocycles. The number of hydrogen-bond acceptors (Lipinski definition) is 4. The molecule has 1 aromatic heterocycles. The van der Waals surface area contributed by atoms with Crippen LogP contribution >= 0.6 is 15.9 Å². The Labute approximate surface area is 166 Å². The lowest BCUT2D eigenvalue weighted by Gasteiger charge is -2.16. The molecule has 1 heterocycles. The smallest absolute Gasteiger partial charge is 0.303 e. The Bertz CT molecular complexity index is 851. The zero-order chi connectivity index (χ0) is 20.0. The fraction of sp³-hybridized carbons (Fsp3) is 0.400. The molecule has 0 bridgehead atoms. The maximum Gasteiger partial charge on any atom is 0.303 e. The minimum atomic E-state index is -0.849. The number of aliphatic carboxylic acids is 1. The van der Waals surface area contributed by atoms with Crippen LogP contribution in [0.25, 0.3) is 16.5 Å². The van der Waals surface area contributed by atoms with Gasteiger partial charge in [-0.1, -0.05) is 15.9 Å². The number of amides is 1. The molecule has 7 heteroatoms. The Kier molecular flexibility index (Phi) is 7.47. The summed E-state index contributed by atoms with van der Waals surface area (Å²) in [5.74, 6) is 0.237. The molecular weight excluding hydrogens is 414 g/mol. The number of furan rings is 1. The molecule has 27 heavy (non-hydrogen) atoms. The maximum absolute atomic E-state index is 12.3. The van der Waals surface area contributed by atoms with Crippen LogP contribution in [0.4, 0.5) is 0 Å². The second-order valence-electron chi connectivity index (χ2n) is 6.08. The van der Waals surface area contributed by atoms with E-state index >= 15 is 0 Å². The largest absolute Gasteiger partial charge is 0.490 e. The van der Waals surface area contributed by atoms with E-state index in [0.29, 0.717) is 36.6 Å². The molecule has 2 rings (SSSR count). The molecule has 1 amide bonds. The van der Waals surface area contributed by atoms with Gasteiger partial charge in [-0.2, -0.15) is 0 Å². The molecule has 0 aliphatic carbocycles. The molecule has 0 atom stereocenters. The van der Waals surface area contributed by atoms with Crippen molar-refractivity contribution in [2.45, 2.75) is 33.6 Å². The number of benzene rings is 1. The van der Waals surface area contributed by atoms with Crippen LogP contribution in [0.5, 0.6) is 5.75 Å². The van der Waals surface area contributed by atoms with Crippen molar-refractivity contribution in [2.75, 3.05) is 19.7 Å². The number of hydrogen-bond donors (Lipinski definition) is 1. The summed E-state index contributed by atoms with van der Waals surface area (Å²) >= 11 is 3.50. The topological polar surface area (TPSA) is 80.0 Å². The Morgan fingerprint density at radius 2 is 2.00 bits per heavy atom. The van der Waals surface area contributed by atoms with Gasteiger partial charge < -0.3 is 19.2 Å². The second-order valence-corrected chi connectivity index (χ2v) is 6.94. The van der Waals surface area contributed by atoms with E-state index in [9.17, 15) is 9.59 Å². The lowest BCUT2D eigenvalue weighted by Crippen LogP contribution is -2.28. The van der Waals surface area contributed by atoms with Gasteiger partial charge in [0, 0.05) is 35.4 Å². The number of carbonyl (C=O) groups excluding carboxylic acids is 1. The zero-order valence-corrected chi connectivity index (χ0v) is 17.3. The third kappa shape index (κ3) is 5.35. The molecule has 2 aromatic rings. The summed E-state index contributed by atoms with van der Waals surface area (Å²) in [6, 6.07) is 5.50. The van der Waals surface area contributed by atoms with Crippen LogP contribution in [0.2, 0.25) is 0 Å². The van der Waals surface area contributed by atoms with Gasteiger partial charge in [-0.3, -0.25) is 9.59 Å². The number of likely N-dealkylation sites (N-methyl/N-ethyl adjacent to an activating group) is 1. The fourth-order valence-corrected chi connectivity index (χ4v) is 3.09. The third-order valence-electron chi connectivity index (χ3n) is 4.19. The molecule has 1 aromatic carbocycles. The van der Waals surface area contributed by atoms with Crippen molar-refractivity contribution in [3.63, 3.8) is 0 Å². The van der Waals surface area contributed by atoms with E-state index in [-0.39, 0.29) is 18.9 Å². The molecule has 0 saturated heterocycles. The number of carboxylic acids is 1. The molecule has 0 aliphatic heterocycles. The molecule has 0 spiro atoms. The average molecular weight is 438 g/mol. The highest BCUT2D eigenvalue weighted by atomic mass is 79.9. The Hall–Kier alpha value is -2.28. The van der Waals surface area contributed by atoms with Crippen LogP contribution in [-0.2, 0) is 9.59 Å². The summed E-state index contributed by atoms with van der Waals surface area (Å²) in [5.41, 5.74) is 1.30. The van der Waals surface area contributed by atoms with Gasteiger partial charge in [-0.15, -0.1) is 0 Å². The first kappa shape index (κ1) is 21.0. The van der Waals surface area contributed by atoms with Gasteiger partial charge >= 0.3 is 5.97 Å². The summed E-state index contributed by atoms with van der Waals surface area (Å²) in [5, 5.41) is 9.55.